The topological polar surface area (TPSA) is 91.2 Å². The zero-order valence-electron chi connectivity index (χ0n) is 14.4. The van der Waals surface area contributed by atoms with E-state index >= 15 is 0 Å². The Kier molecular flexibility index (Phi) is 7.31. The minimum atomic E-state index is -4.55. The van der Waals surface area contributed by atoms with Crippen LogP contribution in [-0.4, -0.2) is 31.1 Å². The van der Waals surface area contributed by atoms with Gasteiger partial charge in [-0.1, -0.05) is 23.2 Å². The van der Waals surface area contributed by atoms with Crippen LogP contribution in [0, 0.1) is 11.3 Å². The van der Waals surface area contributed by atoms with Crippen LogP contribution in [0.1, 0.15) is 15.9 Å². The minimum Gasteiger partial charge on any atom is -0.483 e. The Morgan fingerprint density at radius 1 is 1.14 bits per heavy atom. The van der Waals surface area contributed by atoms with Crippen molar-refractivity contribution < 1.29 is 27.5 Å². The maximum Gasteiger partial charge on any atom is 0.422 e. The number of halogens is 5. The molecule has 0 aliphatic rings. The normalized spacial score (nSPS) is 10.8. The third-order valence-corrected chi connectivity index (χ3v) is 3.91. The number of anilines is 1. The van der Waals surface area contributed by atoms with Crippen molar-refractivity contribution >= 4 is 40.7 Å². The number of hydrogen-bond acceptors (Lipinski definition) is 4. The quantitative estimate of drug-likeness (QED) is 0.697. The fourth-order valence-electron chi connectivity index (χ4n) is 2.12. The Labute approximate surface area is 173 Å². The second-order valence-electron chi connectivity index (χ2n) is 5.58. The van der Waals surface area contributed by atoms with Crippen LogP contribution in [0.4, 0.5) is 18.9 Å². The predicted molar refractivity (Wildman–Crippen MR) is 100 cm³/mol. The molecule has 0 unspecified atom stereocenters. The van der Waals surface area contributed by atoms with Crippen LogP contribution in [0.15, 0.2) is 36.4 Å². The van der Waals surface area contributed by atoms with Gasteiger partial charge in [0.2, 0.25) is 5.91 Å². The molecule has 0 radical (unpaired) electrons. The van der Waals surface area contributed by atoms with Crippen LogP contribution in [0.5, 0.6) is 5.75 Å². The maximum absolute atomic E-state index is 12.2. The van der Waals surface area contributed by atoms with E-state index in [1.165, 1.54) is 24.3 Å². The lowest BCUT2D eigenvalue weighted by Gasteiger charge is -2.12. The Hall–Kier alpha value is -2.96. The highest BCUT2D eigenvalue weighted by molar-refractivity contribution is 6.36. The van der Waals surface area contributed by atoms with E-state index in [0.29, 0.717) is 5.02 Å². The first kappa shape index (κ1) is 22.3. The lowest BCUT2D eigenvalue weighted by Crippen LogP contribution is -2.33. The molecule has 0 bridgehead atoms. The Bertz CT molecular complexity index is 975. The third-order valence-electron chi connectivity index (χ3n) is 3.36. The van der Waals surface area contributed by atoms with Crippen LogP contribution in [0.25, 0.3) is 0 Å². The van der Waals surface area contributed by atoms with Crippen LogP contribution >= 0.6 is 23.2 Å². The van der Waals surface area contributed by atoms with Gasteiger partial charge >= 0.3 is 6.18 Å². The van der Waals surface area contributed by atoms with Crippen molar-refractivity contribution in [1.82, 2.24) is 5.32 Å². The third kappa shape index (κ3) is 6.85. The number of amides is 2. The molecule has 0 heterocycles. The fourth-order valence-corrected chi connectivity index (χ4v) is 2.61. The van der Waals surface area contributed by atoms with Gasteiger partial charge in [0.1, 0.15) is 11.8 Å². The second kappa shape index (κ2) is 9.49. The summed E-state index contributed by atoms with van der Waals surface area (Å²) in [6.07, 6.45) is -4.55. The Morgan fingerprint density at radius 2 is 1.86 bits per heavy atom. The van der Waals surface area contributed by atoms with Crippen molar-refractivity contribution in [3.05, 3.63) is 57.6 Å². The lowest BCUT2D eigenvalue weighted by atomic mass is 10.2. The molecule has 0 aliphatic carbocycles. The summed E-state index contributed by atoms with van der Waals surface area (Å²) in [5, 5.41) is 14.3. The predicted octanol–water partition coefficient (Wildman–Crippen LogP) is 4.17. The molecule has 29 heavy (non-hydrogen) atoms. The van der Waals surface area contributed by atoms with Gasteiger partial charge in [-0.3, -0.25) is 9.59 Å². The van der Waals surface area contributed by atoms with Crippen molar-refractivity contribution in [2.24, 2.45) is 0 Å². The maximum atomic E-state index is 12.2. The first-order valence-corrected chi connectivity index (χ1v) is 8.61. The fraction of sp³-hybridized carbons (Fsp3) is 0.167. The number of benzene rings is 2. The molecule has 152 valence electrons. The number of ether oxygens (including phenoxy) is 1. The molecular weight excluding hydrogens is 434 g/mol. The van der Waals surface area contributed by atoms with Crippen molar-refractivity contribution in [2.45, 2.75) is 6.18 Å². The minimum absolute atomic E-state index is 0.114. The molecule has 0 aliphatic heterocycles. The zero-order valence-corrected chi connectivity index (χ0v) is 16.0. The van der Waals surface area contributed by atoms with E-state index in [1.807, 2.05) is 0 Å². The molecule has 2 aromatic carbocycles. The van der Waals surface area contributed by atoms with Gasteiger partial charge < -0.3 is 15.4 Å². The average Bonchev–Trinajstić information content (AvgIpc) is 2.64. The van der Waals surface area contributed by atoms with Gasteiger partial charge in [-0.05, 0) is 36.4 Å². The van der Waals surface area contributed by atoms with Crippen LogP contribution in [0.2, 0.25) is 10.0 Å². The van der Waals surface area contributed by atoms with E-state index in [1.54, 1.807) is 6.07 Å². The van der Waals surface area contributed by atoms with E-state index in [4.69, 9.17) is 28.5 Å². The van der Waals surface area contributed by atoms with E-state index in [2.05, 4.69) is 15.4 Å². The molecule has 0 saturated heterocycles. The van der Waals surface area contributed by atoms with E-state index in [0.717, 1.165) is 12.1 Å². The summed E-state index contributed by atoms with van der Waals surface area (Å²) >= 11 is 11.7. The first-order valence-electron chi connectivity index (χ1n) is 7.86. The van der Waals surface area contributed by atoms with Gasteiger partial charge in [-0.15, -0.1) is 0 Å². The highest BCUT2D eigenvalue weighted by Gasteiger charge is 2.28. The highest BCUT2D eigenvalue weighted by Crippen LogP contribution is 2.25. The summed E-state index contributed by atoms with van der Waals surface area (Å²) in [5.74, 6) is -1.50. The number of carbonyl (C=O) groups excluding carboxylic acids is 2. The van der Waals surface area contributed by atoms with Crippen molar-refractivity contribution in [3.8, 4) is 11.8 Å². The molecule has 0 saturated carbocycles. The smallest absolute Gasteiger partial charge is 0.422 e. The van der Waals surface area contributed by atoms with Crippen LogP contribution in [-0.2, 0) is 4.79 Å². The van der Waals surface area contributed by atoms with Crippen molar-refractivity contribution in [1.29, 1.82) is 5.26 Å². The van der Waals surface area contributed by atoms with Gasteiger partial charge in [-0.2, -0.15) is 18.4 Å². The number of rotatable bonds is 6. The van der Waals surface area contributed by atoms with Crippen molar-refractivity contribution in [2.75, 3.05) is 18.5 Å². The molecular formula is C18H12Cl2F3N3O3. The molecule has 2 rings (SSSR count). The number of nitrogens with one attached hydrogen (secondary N) is 2. The largest absolute Gasteiger partial charge is 0.483 e. The van der Waals surface area contributed by atoms with E-state index in [-0.39, 0.29) is 27.6 Å². The Balaban J connectivity index is 1.96. The van der Waals surface area contributed by atoms with Gasteiger partial charge in [0, 0.05) is 10.7 Å². The number of carbonyl (C=O) groups is 2. The zero-order chi connectivity index (χ0) is 21.6. The summed E-state index contributed by atoms with van der Waals surface area (Å²) in [6.45, 7) is -1.96. The molecule has 0 atom stereocenters. The number of nitriles is 1. The molecule has 0 aromatic heterocycles. The first-order chi connectivity index (χ1) is 13.6. The standard InChI is InChI=1S/C18H12Cl2F3N3O3/c19-11-1-3-13(14(20)6-11)17(28)25-8-16(27)26-12-2-4-15(10(5-12)7-24)29-9-18(21,22)23/h1-6H,8-9H2,(H,25,28)(H,26,27). The summed E-state index contributed by atoms with van der Waals surface area (Å²) < 4.78 is 41.3. The summed E-state index contributed by atoms with van der Waals surface area (Å²) in [7, 11) is 0. The summed E-state index contributed by atoms with van der Waals surface area (Å²) in [6, 6.07) is 9.49. The van der Waals surface area contributed by atoms with Crippen LogP contribution in [0.3, 0.4) is 0 Å². The molecule has 0 spiro atoms. The van der Waals surface area contributed by atoms with Gasteiger partial charge in [0.25, 0.3) is 5.91 Å². The number of alkyl halides is 3. The monoisotopic (exact) mass is 445 g/mol. The molecule has 2 aromatic rings. The summed E-state index contributed by atoms with van der Waals surface area (Å²) in [5.41, 5.74) is 0.0792. The second-order valence-corrected chi connectivity index (χ2v) is 6.43. The Morgan fingerprint density at radius 3 is 2.48 bits per heavy atom. The SMILES string of the molecule is N#Cc1cc(NC(=O)CNC(=O)c2ccc(Cl)cc2Cl)ccc1OCC(F)(F)F. The van der Waals surface area contributed by atoms with Gasteiger partial charge in [0.05, 0.1) is 22.7 Å². The molecule has 6 nitrogen and oxygen atoms in total. The lowest BCUT2D eigenvalue weighted by molar-refractivity contribution is -0.153. The average molecular weight is 446 g/mol. The van der Waals surface area contributed by atoms with Crippen molar-refractivity contribution in [3.63, 3.8) is 0 Å². The summed E-state index contributed by atoms with van der Waals surface area (Å²) in [4.78, 5) is 24.0. The highest BCUT2D eigenvalue weighted by atomic mass is 35.5. The number of nitrogens with zero attached hydrogens (tertiary/aromatic N) is 1. The molecule has 2 N–H and O–H groups in total. The van der Waals surface area contributed by atoms with Crippen LogP contribution < -0.4 is 15.4 Å². The van der Waals surface area contributed by atoms with E-state index in [9.17, 15) is 22.8 Å². The number of hydrogen-bond donors (Lipinski definition) is 2. The molecule has 11 heteroatoms. The molecule has 2 amide bonds. The van der Waals surface area contributed by atoms with Gasteiger partial charge in [-0.25, -0.2) is 0 Å². The van der Waals surface area contributed by atoms with E-state index < -0.39 is 31.1 Å². The molecule has 0 fully saturated rings. The van der Waals surface area contributed by atoms with Gasteiger partial charge in [0.15, 0.2) is 6.61 Å².